The van der Waals surface area contributed by atoms with Crippen LogP contribution in [-0.4, -0.2) is 21.7 Å². The zero-order valence-corrected chi connectivity index (χ0v) is 23.4. The van der Waals surface area contributed by atoms with E-state index in [9.17, 15) is 4.79 Å². The Morgan fingerprint density at radius 1 is 0.757 bits per heavy atom. The highest BCUT2D eigenvalue weighted by Crippen LogP contribution is 2.24. The van der Waals surface area contributed by atoms with Crippen LogP contribution in [-0.2, 0) is 6.42 Å². The van der Waals surface area contributed by atoms with Gasteiger partial charge in [0.15, 0.2) is 5.16 Å². The predicted octanol–water partition coefficient (Wildman–Crippen LogP) is 9.33. The molecule has 0 radical (unpaired) electrons. The fourth-order valence-corrected chi connectivity index (χ4v) is 5.05. The average molecular weight is 519 g/mol. The molecule has 0 fully saturated rings. The van der Waals surface area contributed by atoms with Gasteiger partial charge in [0, 0.05) is 17.5 Å². The molecule has 5 heteroatoms. The number of ether oxygens (including phenoxy) is 1. The SMILES string of the molecule is CCCCCCCCCCc1ccc(C(=O)Oc2ccc(-c3ccnc(SCCCCC)n3)cc2)cc1. The molecule has 0 N–H and O–H groups in total. The predicted molar refractivity (Wildman–Crippen MR) is 155 cm³/mol. The van der Waals surface area contributed by atoms with Crippen molar-refractivity contribution in [1.29, 1.82) is 0 Å². The normalized spacial score (nSPS) is 11.0. The summed E-state index contributed by atoms with van der Waals surface area (Å²) >= 11 is 1.70. The molecule has 0 aliphatic heterocycles. The highest BCUT2D eigenvalue weighted by molar-refractivity contribution is 7.99. The summed E-state index contributed by atoms with van der Waals surface area (Å²) < 4.78 is 5.61. The maximum absolute atomic E-state index is 12.6. The number of aromatic nitrogens is 2. The standard InChI is InChI=1S/C32H42N2O2S/c1-3-5-7-8-9-10-11-12-14-26-15-17-28(18-16-26)31(35)36-29-21-19-27(20-22-29)30-23-24-33-32(34-30)37-25-13-6-4-2/h15-24H,3-14,25H2,1-2H3. The molecule has 0 spiro atoms. The van der Waals surface area contributed by atoms with Crippen molar-refractivity contribution in [1.82, 2.24) is 9.97 Å². The second-order valence-electron chi connectivity index (χ2n) is 9.62. The van der Waals surface area contributed by atoms with E-state index in [0.717, 1.165) is 28.6 Å². The van der Waals surface area contributed by atoms with Crippen molar-refractivity contribution in [2.45, 2.75) is 96.1 Å². The van der Waals surface area contributed by atoms with Gasteiger partial charge in [-0.25, -0.2) is 14.8 Å². The molecular formula is C32H42N2O2S. The molecule has 0 atom stereocenters. The van der Waals surface area contributed by atoms with Crippen molar-refractivity contribution in [3.8, 4) is 17.0 Å². The Hall–Kier alpha value is -2.66. The Kier molecular flexibility index (Phi) is 13.3. The molecule has 0 bridgehead atoms. The number of unbranched alkanes of at least 4 members (excludes halogenated alkanes) is 9. The van der Waals surface area contributed by atoms with Gasteiger partial charge < -0.3 is 4.74 Å². The molecule has 198 valence electrons. The molecule has 0 amide bonds. The Labute approximate surface area is 227 Å². The average Bonchev–Trinajstić information content (AvgIpc) is 2.93. The van der Waals surface area contributed by atoms with Crippen LogP contribution in [0.2, 0.25) is 0 Å². The molecule has 3 aromatic rings. The van der Waals surface area contributed by atoms with Crippen molar-refractivity contribution in [2.24, 2.45) is 0 Å². The van der Waals surface area contributed by atoms with E-state index in [1.807, 2.05) is 54.6 Å². The number of esters is 1. The number of rotatable bonds is 17. The molecule has 0 saturated heterocycles. The van der Waals surface area contributed by atoms with Crippen LogP contribution in [0.15, 0.2) is 66.0 Å². The third-order valence-corrected chi connectivity index (χ3v) is 7.43. The number of hydrogen-bond donors (Lipinski definition) is 0. The van der Waals surface area contributed by atoms with E-state index in [1.165, 1.54) is 76.2 Å². The van der Waals surface area contributed by atoms with Gasteiger partial charge in [-0.1, -0.05) is 95.5 Å². The lowest BCUT2D eigenvalue weighted by molar-refractivity contribution is 0.0735. The fourth-order valence-electron chi connectivity index (χ4n) is 4.22. The van der Waals surface area contributed by atoms with E-state index >= 15 is 0 Å². The third kappa shape index (κ3) is 10.7. The lowest BCUT2D eigenvalue weighted by Crippen LogP contribution is -2.08. The first-order valence-corrected chi connectivity index (χ1v) is 15.1. The summed E-state index contributed by atoms with van der Waals surface area (Å²) in [5.41, 5.74) is 3.70. The van der Waals surface area contributed by atoms with Gasteiger partial charge >= 0.3 is 5.97 Å². The lowest BCUT2D eigenvalue weighted by atomic mass is 10.0. The summed E-state index contributed by atoms with van der Waals surface area (Å²) in [4.78, 5) is 21.7. The smallest absolute Gasteiger partial charge is 0.343 e. The molecule has 1 heterocycles. The monoisotopic (exact) mass is 518 g/mol. The molecule has 0 unspecified atom stereocenters. The maximum atomic E-state index is 12.6. The van der Waals surface area contributed by atoms with Gasteiger partial charge in [0.05, 0.1) is 11.3 Å². The molecule has 0 aliphatic carbocycles. The van der Waals surface area contributed by atoms with E-state index in [2.05, 4.69) is 23.8 Å². The molecule has 1 aromatic heterocycles. The van der Waals surface area contributed by atoms with Gasteiger partial charge in [-0.3, -0.25) is 0 Å². The second kappa shape index (κ2) is 17.0. The molecule has 2 aromatic carbocycles. The van der Waals surface area contributed by atoms with Crippen molar-refractivity contribution in [2.75, 3.05) is 5.75 Å². The Balaban J connectivity index is 1.44. The quantitative estimate of drug-likeness (QED) is 0.0586. The molecule has 0 aliphatic rings. The first kappa shape index (κ1) is 28.9. The largest absolute Gasteiger partial charge is 0.423 e. The van der Waals surface area contributed by atoms with E-state index in [1.54, 1.807) is 18.0 Å². The summed E-state index contributed by atoms with van der Waals surface area (Å²) in [6, 6.07) is 17.3. The summed E-state index contributed by atoms with van der Waals surface area (Å²) in [5.74, 6) is 1.23. The second-order valence-corrected chi connectivity index (χ2v) is 10.7. The summed E-state index contributed by atoms with van der Waals surface area (Å²) in [6.07, 6.45) is 17.1. The van der Waals surface area contributed by atoms with E-state index in [0.29, 0.717) is 11.3 Å². The van der Waals surface area contributed by atoms with Crippen LogP contribution < -0.4 is 4.74 Å². The van der Waals surface area contributed by atoms with Crippen LogP contribution in [0.3, 0.4) is 0 Å². The zero-order valence-electron chi connectivity index (χ0n) is 22.6. The van der Waals surface area contributed by atoms with Crippen LogP contribution in [0, 0.1) is 0 Å². The molecule has 0 saturated carbocycles. The minimum atomic E-state index is -0.334. The molecule has 4 nitrogen and oxygen atoms in total. The van der Waals surface area contributed by atoms with Gasteiger partial charge in [-0.05, 0) is 67.3 Å². The van der Waals surface area contributed by atoms with Gasteiger partial charge in [-0.15, -0.1) is 0 Å². The summed E-state index contributed by atoms with van der Waals surface area (Å²) in [6.45, 7) is 4.46. The van der Waals surface area contributed by atoms with Crippen LogP contribution in [0.5, 0.6) is 5.75 Å². The van der Waals surface area contributed by atoms with Gasteiger partial charge in [-0.2, -0.15) is 0 Å². The Morgan fingerprint density at radius 3 is 2.11 bits per heavy atom. The van der Waals surface area contributed by atoms with Crippen molar-refractivity contribution in [3.05, 3.63) is 71.9 Å². The van der Waals surface area contributed by atoms with Crippen molar-refractivity contribution >= 4 is 17.7 Å². The van der Waals surface area contributed by atoms with Crippen LogP contribution in [0.25, 0.3) is 11.3 Å². The number of aryl methyl sites for hydroxylation is 1. The number of hydrogen-bond acceptors (Lipinski definition) is 5. The number of carbonyl (C=O) groups is 1. The minimum absolute atomic E-state index is 0.334. The van der Waals surface area contributed by atoms with Crippen molar-refractivity contribution < 1.29 is 9.53 Å². The number of benzene rings is 2. The first-order chi connectivity index (χ1) is 18.2. The maximum Gasteiger partial charge on any atom is 0.343 e. The number of thioether (sulfide) groups is 1. The fraction of sp³-hybridized carbons (Fsp3) is 0.469. The molecule has 37 heavy (non-hydrogen) atoms. The molecular weight excluding hydrogens is 476 g/mol. The number of nitrogens with zero attached hydrogens (tertiary/aromatic N) is 2. The Morgan fingerprint density at radius 2 is 1.41 bits per heavy atom. The Bertz CT molecular complexity index is 1050. The first-order valence-electron chi connectivity index (χ1n) is 14.1. The topological polar surface area (TPSA) is 52.1 Å². The molecule has 3 rings (SSSR count). The highest BCUT2D eigenvalue weighted by atomic mass is 32.2. The lowest BCUT2D eigenvalue weighted by Gasteiger charge is -2.08. The zero-order chi connectivity index (χ0) is 26.1. The minimum Gasteiger partial charge on any atom is -0.423 e. The van der Waals surface area contributed by atoms with Crippen LogP contribution >= 0.6 is 11.8 Å². The van der Waals surface area contributed by atoms with Gasteiger partial charge in [0.1, 0.15) is 5.75 Å². The highest BCUT2D eigenvalue weighted by Gasteiger charge is 2.10. The van der Waals surface area contributed by atoms with E-state index in [-0.39, 0.29) is 5.97 Å². The van der Waals surface area contributed by atoms with Crippen LogP contribution in [0.1, 0.15) is 100 Å². The number of carbonyl (C=O) groups excluding carboxylic acids is 1. The van der Waals surface area contributed by atoms with Gasteiger partial charge in [0.25, 0.3) is 0 Å². The van der Waals surface area contributed by atoms with Crippen molar-refractivity contribution in [3.63, 3.8) is 0 Å². The summed E-state index contributed by atoms with van der Waals surface area (Å²) in [5, 5.41) is 0.801. The van der Waals surface area contributed by atoms with Crippen LogP contribution in [0.4, 0.5) is 0 Å². The third-order valence-electron chi connectivity index (χ3n) is 6.48. The van der Waals surface area contributed by atoms with Gasteiger partial charge in [0.2, 0.25) is 0 Å². The van der Waals surface area contributed by atoms with E-state index in [4.69, 9.17) is 4.74 Å². The van der Waals surface area contributed by atoms with E-state index < -0.39 is 0 Å². The summed E-state index contributed by atoms with van der Waals surface area (Å²) in [7, 11) is 0.